The fraction of sp³-hybridized carbons (Fsp3) is 0.818. The van der Waals surface area contributed by atoms with Crippen LogP contribution in [0.15, 0.2) is 0 Å². The maximum atomic E-state index is 12.1. The largest absolute Gasteiger partial charge is 0.480 e. The molecule has 0 bridgehead atoms. The van der Waals surface area contributed by atoms with Crippen LogP contribution in [0.4, 0.5) is 4.79 Å². The number of amides is 2. The van der Waals surface area contributed by atoms with Gasteiger partial charge in [-0.1, -0.05) is 0 Å². The smallest absolute Gasteiger partial charge is 0.326 e. The Kier molecular flexibility index (Phi) is 3.45. The Hall–Kier alpha value is -1.26. The zero-order valence-corrected chi connectivity index (χ0v) is 10.4. The monoisotopic (exact) mass is 228 g/mol. The summed E-state index contributed by atoms with van der Waals surface area (Å²) in [6.07, 6.45) is 1.95. The van der Waals surface area contributed by atoms with Crippen molar-refractivity contribution < 1.29 is 14.7 Å². The highest BCUT2D eigenvalue weighted by molar-refractivity contribution is 5.82. The predicted molar refractivity (Wildman–Crippen MR) is 60.3 cm³/mol. The Labute approximate surface area is 96.0 Å². The lowest BCUT2D eigenvalue weighted by atomic mass is 10.0. The number of rotatable bonds is 2. The summed E-state index contributed by atoms with van der Waals surface area (Å²) in [5.74, 6) is -0.979. The molecule has 1 unspecified atom stereocenters. The average Bonchev–Trinajstić information content (AvgIpc) is 2.54. The van der Waals surface area contributed by atoms with Gasteiger partial charge >= 0.3 is 12.0 Å². The maximum absolute atomic E-state index is 12.1. The molecule has 1 rings (SSSR count). The van der Waals surface area contributed by atoms with Crippen LogP contribution in [0.25, 0.3) is 0 Å². The quantitative estimate of drug-likeness (QED) is 0.776. The third-order valence-corrected chi connectivity index (χ3v) is 3.37. The molecule has 1 saturated heterocycles. The van der Waals surface area contributed by atoms with E-state index in [9.17, 15) is 9.59 Å². The van der Waals surface area contributed by atoms with Gasteiger partial charge in [0.1, 0.15) is 6.04 Å². The number of aliphatic carboxylic acids is 1. The van der Waals surface area contributed by atoms with Gasteiger partial charge in [-0.15, -0.1) is 0 Å². The lowest BCUT2D eigenvalue weighted by molar-refractivity contribution is -0.141. The van der Waals surface area contributed by atoms with Gasteiger partial charge in [0, 0.05) is 19.1 Å². The number of urea groups is 1. The van der Waals surface area contributed by atoms with Crippen molar-refractivity contribution in [2.45, 2.75) is 45.2 Å². The first-order valence-electron chi connectivity index (χ1n) is 5.54. The molecule has 16 heavy (non-hydrogen) atoms. The molecule has 0 aromatic heterocycles. The van der Waals surface area contributed by atoms with E-state index >= 15 is 0 Å². The highest BCUT2D eigenvalue weighted by Gasteiger charge is 2.38. The van der Waals surface area contributed by atoms with E-state index in [4.69, 9.17) is 5.11 Å². The topological polar surface area (TPSA) is 60.9 Å². The van der Waals surface area contributed by atoms with Crippen LogP contribution in [-0.4, -0.2) is 52.1 Å². The van der Waals surface area contributed by atoms with Gasteiger partial charge in [0.05, 0.1) is 0 Å². The van der Waals surface area contributed by atoms with Crippen LogP contribution in [0, 0.1) is 0 Å². The van der Waals surface area contributed by atoms with E-state index in [-0.39, 0.29) is 11.6 Å². The van der Waals surface area contributed by atoms with Crippen LogP contribution in [0.1, 0.15) is 33.6 Å². The minimum absolute atomic E-state index is 0.163. The molecule has 1 N–H and O–H groups in total. The summed E-state index contributed by atoms with van der Waals surface area (Å²) in [6.45, 7) is 6.25. The summed E-state index contributed by atoms with van der Waals surface area (Å²) < 4.78 is 0. The first-order valence-corrected chi connectivity index (χ1v) is 5.54. The van der Waals surface area contributed by atoms with Crippen LogP contribution >= 0.6 is 0 Å². The molecule has 0 saturated carbocycles. The highest BCUT2D eigenvalue weighted by atomic mass is 16.4. The number of likely N-dealkylation sites (tertiary alicyclic amines) is 1. The van der Waals surface area contributed by atoms with Crippen LogP contribution < -0.4 is 0 Å². The minimum Gasteiger partial charge on any atom is -0.480 e. The summed E-state index contributed by atoms with van der Waals surface area (Å²) in [5, 5.41) is 8.86. The molecular weight excluding hydrogens is 208 g/mol. The zero-order valence-electron chi connectivity index (χ0n) is 10.4. The van der Waals surface area contributed by atoms with Crippen molar-refractivity contribution in [3.63, 3.8) is 0 Å². The second-order valence-corrected chi connectivity index (χ2v) is 4.98. The Balaban J connectivity index is 2.74. The molecule has 0 aromatic rings. The van der Waals surface area contributed by atoms with Crippen LogP contribution in [-0.2, 0) is 4.79 Å². The Bertz CT molecular complexity index is 302. The van der Waals surface area contributed by atoms with Crippen molar-refractivity contribution >= 4 is 12.0 Å². The number of hydrogen-bond donors (Lipinski definition) is 1. The summed E-state index contributed by atoms with van der Waals surface area (Å²) >= 11 is 0. The van der Waals surface area contributed by atoms with Gasteiger partial charge in [-0.25, -0.2) is 9.59 Å². The van der Waals surface area contributed by atoms with Crippen molar-refractivity contribution in [3.8, 4) is 0 Å². The fourth-order valence-corrected chi connectivity index (χ4v) is 1.98. The van der Waals surface area contributed by atoms with Gasteiger partial charge in [0.2, 0.25) is 0 Å². The number of carboxylic acid groups (broad SMARTS) is 1. The molecule has 0 aliphatic carbocycles. The van der Waals surface area contributed by atoms with E-state index in [1.165, 1.54) is 18.9 Å². The lowest BCUT2D eigenvalue weighted by Gasteiger charge is -2.36. The van der Waals surface area contributed by atoms with E-state index in [1.807, 2.05) is 13.8 Å². The Morgan fingerprint density at radius 3 is 2.38 bits per heavy atom. The third kappa shape index (κ3) is 2.28. The molecule has 0 radical (unpaired) electrons. The second-order valence-electron chi connectivity index (χ2n) is 4.98. The minimum atomic E-state index is -0.979. The first kappa shape index (κ1) is 12.8. The number of nitrogens with zero attached hydrogens (tertiary/aromatic N) is 2. The van der Waals surface area contributed by atoms with Gasteiger partial charge in [-0.3, -0.25) is 0 Å². The number of likely N-dealkylation sites (N-methyl/N-ethyl adjacent to an activating group) is 1. The van der Waals surface area contributed by atoms with Crippen molar-refractivity contribution in [1.29, 1.82) is 0 Å². The second kappa shape index (κ2) is 4.31. The van der Waals surface area contributed by atoms with Crippen LogP contribution in [0.5, 0.6) is 0 Å². The van der Waals surface area contributed by atoms with E-state index in [2.05, 4.69) is 0 Å². The molecule has 1 atom stereocenters. The number of carboxylic acids is 1. The van der Waals surface area contributed by atoms with Crippen molar-refractivity contribution in [1.82, 2.24) is 9.80 Å². The molecule has 5 nitrogen and oxygen atoms in total. The SMILES string of the molecule is CC(C(=O)O)N(C)C(=O)N1CCCC1(C)C. The molecule has 1 fully saturated rings. The molecule has 92 valence electrons. The molecule has 2 amide bonds. The summed E-state index contributed by atoms with van der Waals surface area (Å²) in [5.41, 5.74) is -0.163. The molecule has 0 spiro atoms. The van der Waals surface area contributed by atoms with Crippen LogP contribution in [0.3, 0.4) is 0 Å². The zero-order chi connectivity index (χ0) is 12.5. The Morgan fingerprint density at radius 2 is 2.00 bits per heavy atom. The average molecular weight is 228 g/mol. The van der Waals surface area contributed by atoms with E-state index in [0.717, 1.165) is 12.8 Å². The van der Waals surface area contributed by atoms with E-state index < -0.39 is 12.0 Å². The first-order chi connectivity index (χ1) is 7.27. The summed E-state index contributed by atoms with van der Waals surface area (Å²) in [4.78, 5) is 25.9. The van der Waals surface area contributed by atoms with Gasteiger partial charge in [-0.2, -0.15) is 0 Å². The summed E-state index contributed by atoms with van der Waals surface area (Å²) in [7, 11) is 1.54. The standard InChI is InChI=1S/C11H20N2O3/c1-8(9(14)15)12(4)10(16)13-7-5-6-11(13,2)3/h8H,5-7H2,1-4H3,(H,14,15). The number of hydrogen-bond acceptors (Lipinski definition) is 2. The lowest BCUT2D eigenvalue weighted by Crippen LogP contribution is -2.52. The Morgan fingerprint density at radius 1 is 1.44 bits per heavy atom. The van der Waals surface area contributed by atoms with Crippen molar-refractivity contribution in [2.75, 3.05) is 13.6 Å². The molecular formula is C11H20N2O3. The molecule has 1 aliphatic rings. The van der Waals surface area contributed by atoms with Gasteiger partial charge in [-0.05, 0) is 33.6 Å². The summed E-state index contributed by atoms with van der Waals surface area (Å²) in [6, 6.07) is -0.985. The van der Waals surface area contributed by atoms with Gasteiger partial charge in [0.15, 0.2) is 0 Å². The number of carbonyl (C=O) groups excluding carboxylic acids is 1. The maximum Gasteiger partial charge on any atom is 0.326 e. The normalized spacial score (nSPS) is 20.6. The fourth-order valence-electron chi connectivity index (χ4n) is 1.98. The molecule has 0 aromatic carbocycles. The van der Waals surface area contributed by atoms with Crippen molar-refractivity contribution in [2.24, 2.45) is 0 Å². The third-order valence-electron chi connectivity index (χ3n) is 3.37. The molecule has 1 heterocycles. The van der Waals surface area contributed by atoms with Gasteiger partial charge < -0.3 is 14.9 Å². The van der Waals surface area contributed by atoms with E-state index in [1.54, 1.807) is 4.90 Å². The molecule has 5 heteroatoms. The van der Waals surface area contributed by atoms with Crippen molar-refractivity contribution in [3.05, 3.63) is 0 Å². The van der Waals surface area contributed by atoms with Crippen LogP contribution in [0.2, 0.25) is 0 Å². The predicted octanol–water partition coefficient (Wildman–Crippen LogP) is 1.39. The van der Waals surface area contributed by atoms with E-state index in [0.29, 0.717) is 6.54 Å². The molecule has 1 aliphatic heterocycles. The highest BCUT2D eigenvalue weighted by Crippen LogP contribution is 2.29. The number of carbonyl (C=O) groups is 2. The van der Waals surface area contributed by atoms with Gasteiger partial charge in [0.25, 0.3) is 0 Å².